The highest BCUT2D eigenvalue weighted by Crippen LogP contribution is 2.40. The van der Waals surface area contributed by atoms with Gasteiger partial charge < -0.3 is 0 Å². The Hall–Kier alpha value is -2.67. The molecule has 34 heavy (non-hydrogen) atoms. The van der Waals surface area contributed by atoms with Gasteiger partial charge in [0, 0.05) is 16.1 Å². The Bertz CT molecular complexity index is 1210. The molecule has 4 rings (SSSR count). The molecule has 0 saturated carbocycles. The second kappa shape index (κ2) is 9.53. The first-order valence-electron chi connectivity index (χ1n) is 10.7. The van der Waals surface area contributed by atoms with Crippen LogP contribution in [0.3, 0.4) is 0 Å². The van der Waals surface area contributed by atoms with Crippen LogP contribution in [-0.2, 0) is 9.59 Å². The van der Waals surface area contributed by atoms with Gasteiger partial charge in [-0.15, -0.1) is 0 Å². The zero-order valence-electron chi connectivity index (χ0n) is 18.4. The summed E-state index contributed by atoms with van der Waals surface area (Å²) in [6.45, 7) is 3.34. The molecule has 0 bridgehead atoms. The fraction of sp³-hybridized carbons (Fsp3) is 0.280. The average molecular weight is 520 g/mol. The Morgan fingerprint density at radius 2 is 1.62 bits per heavy atom. The van der Waals surface area contributed by atoms with Crippen LogP contribution in [0.1, 0.15) is 41.0 Å². The zero-order chi connectivity index (χ0) is 24.7. The van der Waals surface area contributed by atoms with E-state index in [1.807, 2.05) is 19.1 Å². The summed E-state index contributed by atoms with van der Waals surface area (Å²) in [6.07, 6.45) is 4.15. The number of Topliss-reactive ketones (excluding diaryl/α,β-unsaturated/α-hetero) is 1. The van der Waals surface area contributed by atoms with Gasteiger partial charge in [-0.2, -0.15) is 5.01 Å². The summed E-state index contributed by atoms with van der Waals surface area (Å²) in [7, 11) is 0. The lowest BCUT2D eigenvalue weighted by Crippen LogP contribution is -2.56. The van der Waals surface area contributed by atoms with Crippen molar-refractivity contribution < 1.29 is 19.2 Å². The van der Waals surface area contributed by atoms with Crippen LogP contribution in [0.15, 0.2) is 54.6 Å². The second-order valence-electron chi connectivity index (χ2n) is 8.47. The van der Waals surface area contributed by atoms with E-state index in [1.54, 1.807) is 12.1 Å². The summed E-state index contributed by atoms with van der Waals surface area (Å²) in [4.78, 5) is 53.9. The Labute approximate surface area is 212 Å². The van der Waals surface area contributed by atoms with Gasteiger partial charge in [-0.3, -0.25) is 19.2 Å². The third-order valence-corrected chi connectivity index (χ3v) is 7.31. The average Bonchev–Trinajstić information content (AvgIpc) is 3.07. The molecule has 1 heterocycles. The lowest BCUT2D eigenvalue weighted by molar-refractivity contribution is -0.156. The van der Waals surface area contributed by atoms with Gasteiger partial charge in [0.15, 0.2) is 5.78 Å². The van der Waals surface area contributed by atoms with Gasteiger partial charge in [-0.05, 0) is 61.7 Å². The zero-order valence-corrected chi connectivity index (χ0v) is 20.6. The number of carbonyl (C=O) groups excluding carboxylic acids is 4. The number of ketones is 1. The van der Waals surface area contributed by atoms with Gasteiger partial charge in [-0.1, -0.05) is 53.9 Å². The smallest absolute Gasteiger partial charge is 0.273 e. The normalized spacial score (nSPS) is 22.5. The van der Waals surface area contributed by atoms with Crippen LogP contribution in [0.2, 0.25) is 15.1 Å². The van der Waals surface area contributed by atoms with E-state index < -0.39 is 41.4 Å². The lowest BCUT2D eigenvalue weighted by Gasteiger charge is -2.35. The minimum atomic E-state index is -1.17. The van der Waals surface area contributed by atoms with Crippen LogP contribution < -0.4 is 0 Å². The number of benzene rings is 2. The number of hydrogen-bond donors (Lipinski definition) is 0. The van der Waals surface area contributed by atoms with Crippen molar-refractivity contribution in [1.82, 2.24) is 10.0 Å². The number of rotatable bonds is 5. The van der Waals surface area contributed by atoms with Gasteiger partial charge in [0.05, 0.1) is 21.9 Å². The van der Waals surface area contributed by atoms with Crippen molar-refractivity contribution >= 4 is 58.3 Å². The highest BCUT2D eigenvalue weighted by Gasteiger charge is 2.54. The van der Waals surface area contributed by atoms with E-state index in [1.165, 1.54) is 37.3 Å². The lowest BCUT2D eigenvalue weighted by atomic mass is 9.78. The molecule has 1 aliphatic carbocycles. The molecule has 6 nitrogen and oxygen atoms in total. The van der Waals surface area contributed by atoms with E-state index in [9.17, 15) is 19.2 Å². The SMILES string of the molecule is C[C@@H]1C=CC[C@@H]2C(=O)N(N(C(=O)c3ccc(Cl)c(Cl)c3)[C@@H](C)C(=O)c3ccc(Cl)cc3)C(=O)[C@H]12. The highest BCUT2D eigenvalue weighted by molar-refractivity contribution is 6.42. The van der Waals surface area contributed by atoms with Crippen molar-refractivity contribution in [2.24, 2.45) is 17.8 Å². The first kappa shape index (κ1) is 24.5. The van der Waals surface area contributed by atoms with Crippen molar-refractivity contribution in [3.05, 3.63) is 80.8 Å². The number of allylic oxidation sites excluding steroid dienone is 2. The maximum atomic E-state index is 13.7. The maximum Gasteiger partial charge on any atom is 0.273 e. The molecule has 2 aromatic carbocycles. The van der Waals surface area contributed by atoms with Crippen molar-refractivity contribution in [2.45, 2.75) is 26.3 Å². The summed E-state index contributed by atoms with van der Waals surface area (Å²) in [6, 6.07) is 9.23. The van der Waals surface area contributed by atoms with Gasteiger partial charge in [-0.25, -0.2) is 5.01 Å². The Morgan fingerprint density at radius 3 is 2.24 bits per heavy atom. The first-order chi connectivity index (χ1) is 16.1. The number of halogens is 3. The van der Waals surface area contributed by atoms with Gasteiger partial charge >= 0.3 is 0 Å². The molecule has 0 aromatic heterocycles. The highest BCUT2D eigenvalue weighted by atomic mass is 35.5. The molecule has 0 unspecified atom stereocenters. The van der Waals surface area contributed by atoms with Crippen molar-refractivity contribution in [2.75, 3.05) is 0 Å². The predicted octanol–water partition coefficient (Wildman–Crippen LogP) is 5.47. The molecule has 3 amide bonds. The van der Waals surface area contributed by atoms with Gasteiger partial charge in [0.1, 0.15) is 6.04 Å². The fourth-order valence-electron chi connectivity index (χ4n) is 4.51. The second-order valence-corrected chi connectivity index (χ2v) is 9.72. The van der Waals surface area contributed by atoms with E-state index in [4.69, 9.17) is 34.8 Å². The minimum absolute atomic E-state index is 0.0896. The van der Waals surface area contributed by atoms with Gasteiger partial charge in [0.25, 0.3) is 17.7 Å². The first-order valence-corrected chi connectivity index (χ1v) is 11.9. The van der Waals surface area contributed by atoms with Crippen molar-refractivity contribution in [1.29, 1.82) is 0 Å². The number of fused-ring (bicyclic) bond motifs is 1. The quantitative estimate of drug-likeness (QED) is 0.298. The molecule has 9 heteroatoms. The van der Waals surface area contributed by atoms with Crippen LogP contribution in [0, 0.1) is 17.8 Å². The molecular formula is C25H21Cl3N2O4. The third-order valence-electron chi connectivity index (χ3n) is 6.31. The number of carbonyl (C=O) groups is 4. The number of amides is 3. The van der Waals surface area contributed by atoms with Crippen LogP contribution in [-0.4, -0.2) is 39.6 Å². The van der Waals surface area contributed by atoms with Crippen LogP contribution in [0.4, 0.5) is 0 Å². The molecule has 1 fully saturated rings. The van der Waals surface area contributed by atoms with E-state index in [0.717, 1.165) is 10.0 Å². The summed E-state index contributed by atoms with van der Waals surface area (Å²) in [5, 5.41) is 2.63. The molecule has 0 radical (unpaired) electrons. The molecule has 2 aliphatic rings. The molecule has 0 spiro atoms. The van der Waals surface area contributed by atoms with Crippen molar-refractivity contribution in [3.63, 3.8) is 0 Å². The predicted molar refractivity (Wildman–Crippen MR) is 130 cm³/mol. The molecule has 0 N–H and O–H groups in total. The molecule has 1 saturated heterocycles. The van der Waals surface area contributed by atoms with Gasteiger partial charge in [0.2, 0.25) is 0 Å². The summed E-state index contributed by atoms with van der Waals surface area (Å²) in [5.74, 6) is -3.54. The summed E-state index contributed by atoms with van der Waals surface area (Å²) >= 11 is 18.0. The van der Waals surface area contributed by atoms with Crippen LogP contribution in [0.5, 0.6) is 0 Å². The number of imide groups is 1. The van der Waals surface area contributed by atoms with E-state index >= 15 is 0 Å². The van der Waals surface area contributed by atoms with Crippen molar-refractivity contribution in [3.8, 4) is 0 Å². The molecular weight excluding hydrogens is 499 g/mol. The standard InChI is InChI=1S/C25H21Cl3N2O4/c1-13-4-3-5-18-21(13)25(34)30(24(18)33)29(23(32)16-8-11-19(27)20(28)12-16)14(2)22(31)15-6-9-17(26)10-7-15/h3-4,6-14,18,21H,5H2,1-2H3/t13-,14+,18+,21-/m1/s1. The number of hydrogen-bond acceptors (Lipinski definition) is 4. The Kier molecular flexibility index (Phi) is 6.85. The Morgan fingerprint density at radius 1 is 0.971 bits per heavy atom. The monoisotopic (exact) mass is 518 g/mol. The topological polar surface area (TPSA) is 74.8 Å². The minimum Gasteiger partial charge on any atom is -0.292 e. The maximum absolute atomic E-state index is 13.7. The number of hydrazine groups is 1. The fourth-order valence-corrected chi connectivity index (χ4v) is 4.94. The van der Waals surface area contributed by atoms with E-state index in [2.05, 4.69) is 0 Å². The van der Waals surface area contributed by atoms with E-state index in [0.29, 0.717) is 11.4 Å². The third kappa shape index (κ3) is 4.26. The summed E-state index contributed by atoms with van der Waals surface area (Å²) in [5.41, 5.74) is 0.377. The largest absolute Gasteiger partial charge is 0.292 e. The van der Waals surface area contributed by atoms with Crippen LogP contribution >= 0.6 is 34.8 Å². The molecule has 176 valence electrons. The number of nitrogens with zero attached hydrogens (tertiary/aromatic N) is 2. The molecule has 4 atom stereocenters. The van der Waals surface area contributed by atoms with Crippen LogP contribution in [0.25, 0.3) is 0 Å². The molecule has 1 aliphatic heterocycles. The Balaban J connectivity index is 1.78. The molecule has 2 aromatic rings. The summed E-state index contributed by atoms with van der Waals surface area (Å²) < 4.78 is 0. The van der Waals surface area contributed by atoms with E-state index in [-0.39, 0.29) is 27.1 Å².